The number of benzene rings is 1. The molecule has 3 saturated heterocycles. The predicted molar refractivity (Wildman–Crippen MR) is 115 cm³/mol. The van der Waals surface area contributed by atoms with E-state index >= 15 is 0 Å². The van der Waals surface area contributed by atoms with Gasteiger partial charge >= 0.3 is 0 Å². The average Bonchev–Trinajstić information content (AvgIpc) is 3.21. The highest BCUT2D eigenvalue weighted by molar-refractivity contribution is 7.92. The molecule has 1 aromatic rings. The number of sulfone groups is 1. The van der Waals surface area contributed by atoms with E-state index in [1.165, 1.54) is 12.1 Å². The number of carbonyl (C=O) groups is 3. The fourth-order valence-corrected chi connectivity index (χ4v) is 5.90. The van der Waals surface area contributed by atoms with Gasteiger partial charge in [0, 0.05) is 25.6 Å². The number of rotatable bonds is 7. The third-order valence-corrected chi connectivity index (χ3v) is 7.87. The molecule has 0 aliphatic carbocycles. The van der Waals surface area contributed by atoms with Crippen molar-refractivity contribution in [3.63, 3.8) is 0 Å². The van der Waals surface area contributed by atoms with E-state index < -0.39 is 33.6 Å². The van der Waals surface area contributed by atoms with Crippen LogP contribution in [-0.2, 0) is 29.0 Å². The Balaban J connectivity index is 1.38. The minimum Gasteiger partial charge on any atom is -0.372 e. The zero-order valence-corrected chi connectivity index (χ0v) is 18.5. The highest BCUT2D eigenvalue weighted by atomic mass is 32.2. The van der Waals surface area contributed by atoms with E-state index in [0.717, 1.165) is 0 Å². The Morgan fingerprint density at radius 2 is 1.81 bits per heavy atom. The van der Waals surface area contributed by atoms with Gasteiger partial charge in [-0.1, -0.05) is 24.3 Å². The van der Waals surface area contributed by atoms with Gasteiger partial charge in [0.2, 0.25) is 17.7 Å². The number of piperidine rings is 1. The first kappa shape index (κ1) is 22.5. The largest absolute Gasteiger partial charge is 0.372 e. The monoisotopic (exact) mass is 461 g/mol. The Bertz CT molecular complexity index is 1010. The molecule has 10 heteroatoms. The van der Waals surface area contributed by atoms with Gasteiger partial charge in [-0.15, -0.1) is 6.58 Å². The van der Waals surface area contributed by atoms with Gasteiger partial charge in [0.1, 0.15) is 17.8 Å². The molecule has 9 nitrogen and oxygen atoms in total. The van der Waals surface area contributed by atoms with Crippen molar-refractivity contribution in [1.82, 2.24) is 15.1 Å². The van der Waals surface area contributed by atoms with Gasteiger partial charge in [-0.05, 0) is 25.0 Å². The standard InChI is InChI=1S/C22H27N3O6S/c1-2-10-31-16-12-19-21(27)24-9-8-15(11-18(24)22(28)25(19)13-16)23-20(26)14-32(29,30)17-6-4-3-5-7-17/h2-7,15-16,18-19H,1,8-14H2,(H,23,26)/t15-,16-,18-,19+/m0/s1. The second-order valence-corrected chi connectivity index (χ2v) is 10.4. The van der Waals surface area contributed by atoms with E-state index in [1.54, 1.807) is 34.1 Å². The molecule has 0 spiro atoms. The van der Waals surface area contributed by atoms with Gasteiger partial charge in [0.15, 0.2) is 9.84 Å². The van der Waals surface area contributed by atoms with Crippen molar-refractivity contribution in [1.29, 1.82) is 0 Å². The lowest BCUT2D eigenvalue weighted by Gasteiger charge is -2.46. The summed E-state index contributed by atoms with van der Waals surface area (Å²) in [6.45, 7) is 4.68. The first-order valence-corrected chi connectivity index (χ1v) is 12.4. The van der Waals surface area contributed by atoms with Crippen LogP contribution in [0.5, 0.6) is 0 Å². The first-order valence-electron chi connectivity index (χ1n) is 10.7. The maximum atomic E-state index is 13.1. The Kier molecular flexibility index (Phi) is 6.34. The lowest BCUT2D eigenvalue weighted by Crippen LogP contribution is -2.66. The summed E-state index contributed by atoms with van der Waals surface area (Å²) in [5.41, 5.74) is 0. The fraction of sp³-hybridized carbons (Fsp3) is 0.500. The van der Waals surface area contributed by atoms with Gasteiger partial charge in [-0.3, -0.25) is 14.4 Å². The van der Waals surface area contributed by atoms with Crippen LogP contribution in [0.1, 0.15) is 19.3 Å². The molecule has 32 heavy (non-hydrogen) atoms. The highest BCUT2D eigenvalue weighted by Crippen LogP contribution is 2.32. The number of hydrogen-bond acceptors (Lipinski definition) is 6. The molecule has 0 aromatic heterocycles. The van der Waals surface area contributed by atoms with Gasteiger partial charge in [0.25, 0.3) is 0 Å². The first-order chi connectivity index (χ1) is 15.3. The topological polar surface area (TPSA) is 113 Å². The van der Waals surface area contributed by atoms with Crippen molar-refractivity contribution >= 4 is 27.6 Å². The molecule has 3 fully saturated rings. The number of nitrogens with zero attached hydrogens (tertiary/aromatic N) is 2. The number of ether oxygens (including phenoxy) is 1. The molecule has 172 valence electrons. The van der Waals surface area contributed by atoms with Crippen LogP contribution in [0.15, 0.2) is 47.9 Å². The number of nitrogens with one attached hydrogen (secondary N) is 1. The van der Waals surface area contributed by atoms with E-state index in [1.807, 2.05) is 0 Å². The number of piperazine rings is 1. The molecule has 0 unspecified atom stereocenters. The SMILES string of the molecule is C=CCO[C@H]1C[C@@H]2C(=O)N3CC[C@H](NC(=O)CS(=O)(=O)c4ccccc4)C[C@H]3C(=O)N2C1. The average molecular weight is 462 g/mol. The third-order valence-electron chi connectivity index (χ3n) is 6.24. The summed E-state index contributed by atoms with van der Waals surface area (Å²) in [4.78, 5) is 41.8. The normalized spacial score (nSPS) is 27.6. The molecule has 4 rings (SSSR count). The van der Waals surface area contributed by atoms with Crippen LogP contribution in [0.4, 0.5) is 0 Å². The molecule has 0 saturated carbocycles. The second kappa shape index (κ2) is 9.03. The zero-order chi connectivity index (χ0) is 22.9. The van der Waals surface area contributed by atoms with Gasteiger partial charge in [0.05, 0.1) is 17.6 Å². The second-order valence-electron chi connectivity index (χ2n) is 8.39. The summed E-state index contributed by atoms with van der Waals surface area (Å²) >= 11 is 0. The molecular formula is C22H27N3O6S. The molecule has 1 aromatic carbocycles. The van der Waals surface area contributed by atoms with Crippen LogP contribution in [-0.4, -0.2) is 85.6 Å². The van der Waals surface area contributed by atoms with Crippen molar-refractivity contribution in [2.45, 2.75) is 48.4 Å². The quantitative estimate of drug-likeness (QED) is 0.577. The lowest BCUT2D eigenvalue weighted by molar-refractivity contribution is -0.162. The number of carbonyl (C=O) groups excluding carboxylic acids is 3. The molecule has 3 aliphatic rings. The highest BCUT2D eigenvalue weighted by Gasteiger charge is 2.52. The van der Waals surface area contributed by atoms with Crippen molar-refractivity contribution < 1.29 is 27.5 Å². The lowest BCUT2D eigenvalue weighted by atomic mass is 9.92. The molecule has 4 atom stereocenters. The third kappa shape index (κ3) is 4.42. The number of fused-ring (bicyclic) bond motifs is 2. The van der Waals surface area contributed by atoms with E-state index in [9.17, 15) is 22.8 Å². The summed E-state index contributed by atoms with van der Waals surface area (Å²) in [6.07, 6.45) is 2.64. The summed E-state index contributed by atoms with van der Waals surface area (Å²) in [5, 5.41) is 2.75. The predicted octanol–water partition coefficient (Wildman–Crippen LogP) is 0.122. The molecule has 3 heterocycles. The Labute approximate surface area is 187 Å². The van der Waals surface area contributed by atoms with E-state index in [4.69, 9.17) is 4.74 Å². The molecule has 3 amide bonds. The maximum absolute atomic E-state index is 13.1. The van der Waals surface area contributed by atoms with Gasteiger partial charge in [-0.25, -0.2) is 8.42 Å². The molecule has 0 radical (unpaired) electrons. The minimum absolute atomic E-state index is 0.0873. The Morgan fingerprint density at radius 1 is 1.12 bits per heavy atom. The van der Waals surface area contributed by atoms with Crippen molar-refractivity contribution in [2.24, 2.45) is 0 Å². The van der Waals surface area contributed by atoms with Crippen LogP contribution >= 0.6 is 0 Å². The minimum atomic E-state index is -3.75. The molecule has 3 aliphatic heterocycles. The molecule has 1 N–H and O–H groups in total. The van der Waals surface area contributed by atoms with Gasteiger partial charge < -0.3 is 19.9 Å². The van der Waals surface area contributed by atoms with Crippen LogP contribution in [0.25, 0.3) is 0 Å². The van der Waals surface area contributed by atoms with Crippen LogP contribution in [0.2, 0.25) is 0 Å². The van der Waals surface area contributed by atoms with Crippen molar-refractivity contribution in [2.75, 3.05) is 25.4 Å². The smallest absolute Gasteiger partial charge is 0.246 e. The van der Waals surface area contributed by atoms with Crippen molar-refractivity contribution in [3.05, 3.63) is 43.0 Å². The maximum Gasteiger partial charge on any atom is 0.246 e. The van der Waals surface area contributed by atoms with Crippen molar-refractivity contribution in [3.8, 4) is 0 Å². The summed E-state index contributed by atoms with van der Waals surface area (Å²) in [6, 6.07) is 6.28. The van der Waals surface area contributed by atoms with E-state index in [-0.39, 0.29) is 35.3 Å². The number of hydrogen-bond donors (Lipinski definition) is 1. The van der Waals surface area contributed by atoms with Gasteiger partial charge in [-0.2, -0.15) is 0 Å². The molecule has 0 bridgehead atoms. The fourth-order valence-electron chi connectivity index (χ4n) is 4.73. The molecular weight excluding hydrogens is 434 g/mol. The summed E-state index contributed by atoms with van der Waals surface area (Å²) < 4.78 is 30.5. The van der Waals surface area contributed by atoms with E-state index in [2.05, 4.69) is 11.9 Å². The van der Waals surface area contributed by atoms with E-state index in [0.29, 0.717) is 32.5 Å². The number of amides is 3. The summed E-state index contributed by atoms with van der Waals surface area (Å²) in [7, 11) is -3.75. The Hall–Kier alpha value is -2.72. The van der Waals surface area contributed by atoms with Crippen LogP contribution < -0.4 is 5.32 Å². The van der Waals surface area contributed by atoms with Crippen LogP contribution in [0.3, 0.4) is 0 Å². The summed E-state index contributed by atoms with van der Waals surface area (Å²) in [5.74, 6) is -1.50. The Morgan fingerprint density at radius 3 is 2.53 bits per heavy atom. The zero-order valence-electron chi connectivity index (χ0n) is 17.7. The van der Waals surface area contributed by atoms with Crippen LogP contribution in [0, 0.1) is 0 Å².